The first-order valence-corrected chi connectivity index (χ1v) is 11.1. The molecule has 3 aromatic rings. The Balaban J connectivity index is 1.47. The minimum Gasteiger partial charge on any atom is -0.288 e. The summed E-state index contributed by atoms with van der Waals surface area (Å²) in [5, 5.41) is 0. The third-order valence-corrected chi connectivity index (χ3v) is 7.56. The van der Waals surface area contributed by atoms with Crippen molar-refractivity contribution in [1.29, 1.82) is 0 Å². The zero-order valence-corrected chi connectivity index (χ0v) is 18.5. The van der Waals surface area contributed by atoms with Crippen LogP contribution in [0.15, 0.2) is 47.5 Å². The zero-order chi connectivity index (χ0) is 22.7. The predicted octanol–water partition coefficient (Wildman–Crippen LogP) is 3.86. The Morgan fingerprint density at radius 3 is 1.59 bits per heavy atom. The van der Waals surface area contributed by atoms with Gasteiger partial charge in [0.05, 0.1) is 5.57 Å². The van der Waals surface area contributed by atoms with E-state index in [0.29, 0.717) is 16.0 Å². The highest BCUT2D eigenvalue weighted by Crippen LogP contribution is 2.37. The van der Waals surface area contributed by atoms with Crippen molar-refractivity contribution in [1.82, 2.24) is 9.80 Å². The van der Waals surface area contributed by atoms with Crippen LogP contribution < -0.4 is 0 Å². The monoisotopic (exact) mass is 462 g/mol. The molecule has 0 saturated carbocycles. The number of imide groups is 2. The maximum Gasteiger partial charge on any atom is 0.333 e. The standard InChI is InChI=1S/C23H14N2O5S2/c1-24-21(28)16(22(29)25(2)23(24)30)8-12-10-18-17(32-12)9-11(31-18)7-15-19(26)13-5-3-4-6-14(13)20(15)27/h3-10H,1-2H3. The summed E-state index contributed by atoms with van der Waals surface area (Å²) in [6.07, 6.45) is 3.10. The number of fused-ring (bicyclic) bond motifs is 2. The highest BCUT2D eigenvalue weighted by atomic mass is 32.1. The van der Waals surface area contributed by atoms with Gasteiger partial charge < -0.3 is 0 Å². The summed E-state index contributed by atoms with van der Waals surface area (Å²) in [5.41, 5.74) is 0.917. The van der Waals surface area contributed by atoms with Gasteiger partial charge in [0.1, 0.15) is 5.57 Å². The van der Waals surface area contributed by atoms with Crippen molar-refractivity contribution in [3.63, 3.8) is 0 Å². The number of carbonyl (C=O) groups excluding carboxylic acids is 5. The van der Waals surface area contributed by atoms with Gasteiger partial charge in [0.25, 0.3) is 11.8 Å². The molecule has 32 heavy (non-hydrogen) atoms. The third-order valence-electron chi connectivity index (χ3n) is 5.37. The lowest BCUT2D eigenvalue weighted by Gasteiger charge is -2.28. The van der Waals surface area contributed by atoms with Crippen LogP contribution in [0.25, 0.3) is 21.6 Å². The zero-order valence-electron chi connectivity index (χ0n) is 16.9. The van der Waals surface area contributed by atoms with Crippen LogP contribution in [0.3, 0.4) is 0 Å². The molecule has 9 heteroatoms. The molecule has 1 fully saturated rings. The second kappa shape index (κ2) is 7.18. The van der Waals surface area contributed by atoms with Gasteiger partial charge in [0.15, 0.2) is 11.6 Å². The van der Waals surface area contributed by atoms with E-state index in [1.54, 1.807) is 30.3 Å². The molecule has 2 aromatic heterocycles. The van der Waals surface area contributed by atoms with Gasteiger partial charge in [-0.1, -0.05) is 24.3 Å². The number of hydrogen-bond donors (Lipinski definition) is 0. The molecule has 4 amide bonds. The molecule has 1 aliphatic carbocycles. The van der Waals surface area contributed by atoms with Crippen molar-refractivity contribution in [3.8, 4) is 0 Å². The number of thiophene rings is 2. The normalized spacial score (nSPS) is 16.5. The van der Waals surface area contributed by atoms with Crippen molar-refractivity contribution in [3.05, 3.63) is 68.4 Å². The number of ketones is 2. The lowest BCUT2D eigenvalue weighted by Crippen LogP contribution is -2.52. The van der Waals surface area contributed by atoms with E-state index in [4.69, 9.17) is 0 Å². The third kappa shape index (κ3) is 2.97. The number of amides is 4. The van der Waals surface area contributed by atoms with E-state index in [2.05, 4.69) is 0 Å². The Morgan fingerprint density at radius 1 is 0.688 bits per heavy atom. The molecule has 0 radical (unpaired) electrons. The van der Waals surface area contributed by atoms with Gasteiger partial charge in [0.2, 0.25) is 0 Å². The van der Waals surface area contributed by atoms with Crippen LogP contribution in [0.1, 0.15) is 30.5 Å². The van der Waals surface area contributed by atoms with Crippen LogP contribution >= 0.6 is 22.7 Å². The molecular weight excluding hydrogens is 448 g/mol. The largest absolute Gasteiger partial charge is 0.333 e. The summed E-state index contributed by atoms with van der Waals surface area (Å²) in [4.78, 5) is 65.1. The number of rotatable bonds is 2. The number of hydrogen-bond acceptors (Lipinski definition) is 7. The molecule has 1 aromatic carbocycles. The Hall–Kier alpha value is -3.69. The minimum absolute atomic E-state index is 0.0780. The number of barbiturate groups is 1. The van der Waals surface area contributed by atoms with Crippen LogP contribution in [0, 0.1) is 0 Å². The summed E-state index contributed by atoms with van der Waals surface area (Å²) in [7, 11) is 2.66. The quantitative estimate of drug-likeness (QED) is 0.426. The lowest BCUT2D eigenvalue weighted by atomic mass is 10.1. The molecule has 0 bridgehead atoms. The van der Waals surface area contributed by atoms with Gasteiger partial charge in [-0.05, 0) is 24.3 Å². The van der Waals surface area contributed by atoms with Gasteiger partial charge >= 0.3 is 6.03 Å². The molecule has 7 nitrogen and oxygen atoms in total. The summed E-state index contributed by atoms with van der Waals surface area (Å²) < 4.78 is 1.80. The van der Waals surface area contributed by atoms with E-state index in [1.807, 2.05) is 12.1 Å². The minimum atomic E-state index is -0.667. The molecule has 0 atom stereocenters. The van der Waals surface area contributed by atoms with E-state index >= 15 is 0 Å². The summed E-state index contributed by atoms with van der Waals surface area (Å²) in [6.45, 7) is 0. The molecule has 0 unspecified atom stereocenters. The average molecular weight is 463 g/mol. The summed E-state index contributed by atoms with van der Waals surface area (Å²) in [5.74, 6) is -1.83. The molecule has 158 valence electrons. The Morgan fingerprint density at radius 2 is 1.12 bits per heavy atom. The van der Waals surface area contributed by atoms with Gasteiger partial charge in [-0.25, -0.2) is 4.79 Å². The fraction of sp³-hybridized carbons (Fsp3) is 0.0870. The first-order chi connectivity index (χ1) is 15.3. The van der Waals surface area contributed by atoms with Crippen LogP contribution in [-0.4, -0.2) is 53.3 Å². The first-order valence-electron chi connectivity index (χ1n) is 9.51. The molecule has 1 aliphatic heterocycles. The van der Waals surface area contributed by atoms with Crippen molar-refractivity contribution in [2.75, 3.05) is 14.1 Å². The van der Waals surface area contributed by atoms with Crippen molar-refractivity contribution in [2.24, 2.45) is 0 Å². The van der Waals surface area contributed by atoms with Crippen LogP contribution in [-0.2, 0) is 9.59 Å². The summed E-state index contributed by atoms with van der Waals surface area (Å²) in [6, 6.07) is 9.81. The van der Waals surface area contributed by atoms with Crippen molar-refractivity contribution >= 4 is 73.6 Å². The number of Topliss-reactive ketones (excluding diaryl/α,β-unsaturated/α-hetero) is 2. The van der Waals surface area contributed by atoms with Gasteiger partial charge in [-0.15, -0.1) is 22.7 Å². The topological polar surface area (TPSA) is 91.8 Å². The maximum absolute atomic E-state index is 12.6. The van der Waals surface area contributed by atoms with E-state index in [-0.39, 0.29) is 22.7 Å². The number of allylic oxidation sites excluding steroid dienone is 1. The van der Waals surface area contributed by atoms with E-state index < -0.39 is 17.8 Å². The van der Waals surface area contributed by atoms with Gasteiger partial charge in [0, 0.05) is 44.4 Å². The van der Waals surface area contributed by atoms with Crippen LogP contribution in [0.5, 0.6) is 0 Å². The van der Waals surface area contributed by atoms with Crippen molar-refractivity contribution < 1.29 is 24.0 Å². The van der Waals surface area contributed by atoms with Crippen LogP contribution in [0.2, 0.25) is 0 Å². The smallest absolute Gasteiger partial charge is 0.288 e. The van der Waals surface area contributed by atoms with E-state index in [1.165, 1.54) is 42.8 Å². The fourth-order valence-corrected chi connectivity index (χ4v) is 5.98. The maximum atomic E-state index is 12.6. The molecular formula is C23H14N2O5S2. The van der Waals surface area contributed by atoms with E-state index in [0.717, 1.165) is 24.1 Å². The lowest BCUT2D eigenvalue weighted by molar-refractivity contribution is -0.134. The molecule has 2 aliphatic rings. The predicted molar refractivity (Wildman–Crippen MR) is 122 cm³/mol. The summed E-state index contributed by atoms with van der Waals surface area (Å²) >= 11 is 2.78. The Bertz CT molecular complexity index is 1360. The second-order valence-electron chi connectivity index (χ2n) is 7.36. The highest BCUT2D eigenvalue weighted by molar-refractivity contribution is 7.28. The van der Waals surface area contributed by atoms with Gasteiger partial charge in [-0.3, -0.25) is 29.0 Å². The Labute approximate surface area is 189 Å². The van der Waals surface area contributed by atoms with E-state index in [9.17, 15) is 24.0 Å². The highest BCUT2D eigenvalue weighted by Gasteiger charge is 2.38. The molecule has 5 rings (SSSR count). The second-order valence-corrected chi connectivity index (χ2v) is 9.59. The number of nitrogens with zero attached hydrogens (tertiary/aromatic N) is 2. The number of carbonyl (C=O) groups is 5. The van der Waals surface area contributed by atoms with Gasteiger partial charge in [-0.2, -0.15) is 0 Å². The first kappa shape index (κ1) is 20.2. The average Bonchev–Trinajstić information content (AvgIpc) is 3.41. The van der Waals surface area contributed by atoms with Crippen molar-refractivity contribution in [2.45, 2.75) is 0 Å². The molecule has 0 N–H and O–H groups in total. The molecule has 3 heterocycles. The molecule has 1 saturated heterocycles. The number of urea groups is 1. The molecule has 0 spiro atoms. The fourth-order valence-electron chi connectivity index (χ4n) is 3.68. The Kier molecular flexibility index (Phi) is 4.54. The SMILES string of the molecule is CN1C(=O)C(=Cc2cc3sc(C=C4C(=O)c5ccccc5C4=O)cc3s2)C(=O)N(C)C1=O. The number of likely N-dealkylation sites (N-methyl/N-ethyl adjacent to an activating group) is 2. The number of benzene rings is 1. The van der Waals surface area contributed by atoms with Crippen LogP contribution in [0.4, 0.5) is 4.79 Å².